The monoisotopic (exact) mass is 703 g/mol. The lowest BCUT2D eigenvalue weighted by molar-refractivity contribution is -0.142. The van der Waals surface area contributed by atoms with Gasteiger partial charge in [0.25, 0.3) is 0 Å². The Bertz CT molecular complexity index is 1130. The molecule has 0 fully saturated rings. The molecule has 0 radical (unpaired) electrons. The molecule has 0 aromatic heterocycles. The molecule has 1 aromatic rings. The fourth-order valence-corrected chi connectivity index (χ4v) is 5.65. The second kappa shape index (κ2) is 27.9. The number of unbranched alkanes of at least 4 members (excludes halogenated alkanes) is 13. The van der Waals surface area contributed by atoms with Crippen molar-refractivity contribution in [1.29, 1.82) is 0 Å². The quantitative estimate of drug-likeness (QED) is 0.0326. The molecule has 13 nitrogen and oxygen atoms in total. The van der Waals surface area contributed by atoms with Gasteiger partial charge in [-0.2, -0.15) is 0 Å². The summed E-state index contributed by atoms with van der Waals surface area (Å²) in [6.45, 7) is 2.89. The number of benzene rings is 1. The van der Waals surface area contributed by atoms with Crippen molar-refractivity contribution < 1.29 is 29.4 Å². The fourth-order valence-electron chi connectivity index (χ4n) is 5.65. The first-order valence-corrected chi connectivity index (χ1v) is 18.7. The van der Waals surface area contributed by atoms with E-state index in [1.807, 2.05) is 0 Å². The summed E-state index contributed by atoms with van der Waals surface area (Å²) in [5.41, 5.74) is 17.6. The number of carbonyl (C=O) groups excluding carboxylic acids is 3. The van der Waals surface area contributed by atoms with Crippen LogP contribution in [-0.2, 0) is 25.6 Å². The maximum atomic E-state index is 13.2. The second-order valence-electron chi connectivity index (χ2n) is 13.2. The van der Waals surface area contributed by atoms with Crippen molar-refractivity contribution >= 4 is 29.7 Å². The number of aliphatic imine (C=N–C) groups is 1. The molecule has 11 N–H and O–H groups in total. The van der Waals surface area contributed by atoms with Gasteiger partial charge in [0.2, 0.25) is 17.7 Å². The van der Waals surface area contributed by atoms with E-state index >= 15 is 0 Å². The number of carboxylic acid groups (broad SMARTS) is 1. The third-order valence-corrected chi connectivity index (χ3v) is 8.67. The number of nitrogens with zero attached hydrogens (tertiary/aromatic N) is 1. The van der Waals surface area contributed by atoms with Crippen LogP contribution >= 0.6 is 0 Å². The summed E-state index contributed by atoms with van der Waals surface area (Å²) < 4.78 is 0. The molecule has 0 bridgehead atoms. The highest BCUT2D eigenvalue weighted by atomic mass is 16.4. The van der Waals surface area contributed by atoms with Crippen LogP contribution in [-0.4, -0.2) is 71.1 Å². The minimum Gasteiger partial charge on any atom is -0.508 e. The van der Waals surface area contributed by atoms with Crippen LogP contribution in [0.4, 0.5) is 0 Å². The number of carbonyl (C=O) groups is 4. The molecular formula is C37H65N7O6. The zero-order valence-electron chi connectivity index (χ0n) is 30.3. The molecule has 0 saturated carbocycles. The molecule has 13 heteroatoms. The van der Waals surface area contributed by atoms with E-state index in [2.05, 4.69) is 27.9 Å². The molecule has 1 rings (SSSR count). The van der Waals surface area contributed by atoms with Crippen molar-refractivity contribution in [3.05, 3.63) is 29.8 Å². The molecule has 0 unspecified atom stereocenters. The first-order chi connectivity index (χ1) is 24.0. The van der Waals surface area contributed by atoms with Crippen molar-refractivity contribution in [1.82, 2.24) is 16.0 Å². The highest BCUT2D eigenvalue weighted by Crippen LogP contribution is 2.14. The Morgan fingerprint density at radius 3 is 1.82 bits per heavy atom. The average molecular weight is 704 g/mol. The largest absolute Gasteiger partial charge is 0.508 e. The number of amides is 3. The van der Waals surface area contributed by atoms with Crippen LogP contribution in [0.3, 0.4) is 0 Å². The Morgan fingerprint density at radius 1 is 0.720 bits per heavy atom. The highest BCUT2D eigenvalue weighted by Gasteiger charge is 2.27. The van der Waals surface area contributed by atoms with Gasteiger partial charge in [-0.05, 0) is 62.6 Å². The van der Waals surface area contributed by atoms with Crippen molar-refractivity contribution in [3.8, 4) is 5.75 Å². The number of nitrogens with one attached hydrogen (secondary N) is 3. The molecule has 0 aliphatic rings. The van der Waals surface area contributed by atoms with Crippen molar-refractivity contribution in [2.24, 2.45) is 22.2 Å². The van der Waals surface area contributed by atoms with Gasteiger partial charge in [0.15, 0.2) is 5.96 Å². The van der Waals surface area contributed by atoms with E-state index in [0.717, 1.165) is 24.8 Å². The Hall–Kier alpha value is -3.87. The Labute approximate surface area is 299 Å². The third kappa shape index (κ3) is 22.7. The van der Waals surface area contributed by atoms with Gasteiger partial charge in [0.1, 0.15) is 17.8 Å². The molecule has 0 aliphatic heterocycles. The minimum atomic E-state index is -1.19. The van der Waals surface area contributed by atoms with E-state index in [1.165, 1.54) is 76.3 Å². The lowest BCUT2D eigenvalue weighted by Gasteiger charge is -2.23. The van der Waals surface area contributed by atoms with Crippen molar-refractivity contribution in [3.63, 3.8) is 0 Å². The van der Waals surface area contributed by atoms with Crippen LogP contribution in [0.1, 0.15) is 134 Å². The number of hydrogen-bond donors (Lipinski definition) is 8. The molecule has 50 heavy (non-hydrogen) atoms. The first kappa shape index (κ1) is 44.2. The van der Waals surface area contributed by atoms with Crippen molar-refractivity contribution in [2.45, 2.75) is 153 Å². The number of aromatic hydroxyl groups is 1. The van der Waals surface area contributed by atoms with Crippen LogP contribution in [0.5, 0.6) is 5.75 Å². The number of phenolic OH excluding ortho intramolecular Hbond substituents is 1. The fraction of sp³-hybridized carbons (Fsp3) is 0.703. The van der Waals surface area contributed by atoms with Gasteiger partial charge in [0.05, 0.1) is 6.04 Å². The second-order valence-corrected chi connectivity index (χ2v) is 13.2. The van der Waals surface area contributed by atoms with Crippen molar-refractivity contribution in [2.75, 3.05) is 13.1 Å². The van der Waals surface area contributed by atoms with E-state index in [4.69, 9.17) is 17.2 Å². The SMILES string of the molecule is CCCCCCCCCCCCCCCC(=O)NCCCC[C@H](NC(=O)[C@H](CCCN=C(N)N)NC(=O)[C@@H](N)Cc1ccc(O)cc1)C(=O)O. The summed E-state index contributed by atoms with van der Waals surface area (Å²) >= 11 is 0. The Kier molecular flexibility index (Phi) is 24.6. The standard InChI is InChI=1S/C37H65N7O6/c1-2-3-4-5-6-7-8-9-10-11-12-13-14-20-33(46)41-25-16-15-18-32(36(49)50)44-35(48)31(19-17-26-42-37(39)40)43-34(47)30(38)27-28-21-23-29(45)24-22-28/h21-24,30-32,45H,2-20,25-27,38H2,1H3,(H,41,46)(H,43,47)(H,44,48)(H,49,50)(H4,39,40,42)/t30-,31-,32-/m0/s1. The van der Waals surface area contributed by atoms with E-state index in [-0.39, 0.29) is 43.4 Å². The molecule has 1 aromatic carbocycles. The predicted octanol–water partition coefficient (Wildman–Crippen LogP) is 4.14. The zero-order chi connectivity index (χ0) is 37.0. The van der Waals surface area contributed by atoms with Gasteiger partial charge >= 0.3 is 5.97 Å². The topological polar surface area (TPSA) is 235 Å². The Balaban J connectivity index is 2.39. The van der Waals surface area contributed by atoms with Crippen LogP contribution in [0, 0.1) is 0 Å². The maximum Gasteiger partial charge on any atom is 0.326 e. The van der Waals surface area contributed by atoms with Gasteiger partial charge in [-0.25, -0.2) is 4.79 Å². The molecule has 3 amide bonds. The molecule has 284 valence electrons. The molecule has 3 atom stereocenters. The summed E-state index contributed by atoms with van der Waals surface area (Å²) in [5, 5.41) is 27.3. The number of rotatable bonds is 30. The van der Waals surface area contributed by atoms with E-state index in [0.29, 0.717) is 32.2 Å². The lowest BCUT2D eigenvalue weighted by Crippen LogP contribution is -2.54. The molecular weight excluding hydrogens is 638 g/mol. The van der Waals surface area contributed by atoms with E-state index in [1.54, 1.807) is 12.1 Å². The lowest BCUT2D eigenvalue weighted by atomic mass is 10.0. The predicted molar refractivity (Wildman–Crippen MR) is 198 cm³/mol. The number of phenols is 1. The van der Waals surface area contributed by atoms with Crippen LogP contribution in [0.25, 0.3) is 0 Å². The van der Waals surface area contributed by atoms with Crippen LogP contribution in [0.2, 0.25) is 0 Å². The van der Waals surface area contributed by atoms with Gasteiger partial charge in [-0.1, -0.05) is 96.1 Å². The van der Waals surface area contributed by atoms with Crippen LogP contribution < -0.4 is 33.2 Å². The summed E-state index contributed by atoms with van der Waals surface area (Å²) in [7, 11) is 0. The summed E-state index contributed by atoms with van der Waals surface area (Å²) in [4.78, 5) is 54.2. The van der Waals surface area contributed by atoms with Gasteiger partial charge < -0.3 is 43.4 Å². The number of hydrogen-bond acceptors (Lipinski definition) is 7. The number of nitrogens with two attached hydrogens (primary N) is 3. The number of carboxylic acids is 1. The van der Waals surface area contributed by atoms with Gasteiger partial charge in [-0.3, -0.25) is 19.4 Å². The van der Waals surface area contributed by atoms with Gasteiger partial charge in [-0.15, -0.1) is 0 Å². The molecule has 0 spiro atoms. The maximum absolute atomic E-state index is 13.2. The van der Waals surface area contributed by atoms with E-state index in [9.17, 15) is 29.4 Å². The zero-order valence-corrected chi connectivity index (χ0v) is 30.3. The summed E-state index contributed by atoms with van der Waals surface area (Å²) in [5.74, 6) is -2.45. The number of aliphatic carboxylic acids is 1. The van der Waals surface area contributed by atoms with Crippen LogP contribution in [0.15, 0.2) is 29.3 Å². The first-order valence-electron chi connectivity index (χ1n) is 18.7. The summed E-state index contributed by atoms with van der Waals surface area (Å²) in [6.07, 6.45) is 18.6. The average Bonchev–Trinajstić information content (AvgIpc) is 3.08. The normalized spacial score (nSPS) is 12.8. The third-order valence-electron chi connectivity index (χ3n) is 8.67. The molecule has 0 saturated heterocycles. The minimum absolute atomic E-state index is 0.000843. The summed E-state index contributed by atoms with van der Waals surface area (Å²) in [6, 6.07) is 3.04. The smallest absolute Gasteiger partial charge is 0.326 e. The Morgan fingerprint density at radius 2 is 1.26 bits per heavy atom. The number of guanidine groups is 1. The molecule has 0 heterocycles. The van der Waals surface area contributed by atoms with E-state index < -0.39 is 35.9 Å². The highest BCUT2D eigenvalue weighted by molar-refractivity contribution is 5.91. The molecule has 0 aliphatic carbocycles. The van der Waals surface area contributed by atoms with Gasteiger partial charge in [0, 0.05) is 19.5 Å².